The van der Waals surface area contributed by atoms with Crippen molar-refractivity contribution in [2.45, 2.75) is 6.92 Å². The first-order chi connectivity index (χ1) is 10.0. The summed E-state index contributed by atoms with van der Waals surface area (Å²) < 4.78 is 6.43. The Kier molecular flexibility index (Phi) is 5.49. The maximum absolute atomic E-state index is 12.1. The minimum atomic E-state index is -0.523. The molecule has 0 saturated carbocycles. The van der Waals surface area contributed by atoms with Crippen molar-refractivity contribution in [2.75, 3.05) is 11.9 Å². The lowest BCUT2D eigenvalue weighted by Crippen LogP contribution is -2.13. The second kappa shape index (κ2) is 7.15. The number of nitrogens with zero attached hydrogens (tertiary/aromatic N) is 1. The predicted octanol–water partition coefficient (Wildman–Crippen LogP) is 4.10. The van der Waals surface area contributed by atoms with Crippen LogP contribution in [0.4, 0.5) is 5.69 Å². The SMILES string of the molecule is CCOC(=O)c1nc(C(=O)Nc2cc(Br)ccc2Br)cs1. The number of anilines is 1. The molecule has 1 heterocycles. The summed E-state index contributed by atoms with van der Waals surface area (Å²) in [6.45, 7) is 1.98. The number of carbonyl (C=O) groups excluding carboxylic acids is 2. The van der Waals surface area contributed by atoms with Crippen LogP contribution in [0.5, 0.6) is 0 Å². The summed E-state index contributed by atoms with van der Waals surface area (Å²) in [5, 5.41) is 4.41. The molecule has 0 aliphatic carbocycles. The molecule has 110 valence electrons. The molecular formula is C13H10Br2N2O3S. The second-order valence-corrected chi connectivity index (χ2v) is 6.46. The number of esters is 1. The molecule has 0 aliphatic heterocycles. The fraction of sp³-hybridized carbons (Fsp3) is 0.154. The Morgan fingerprint density at radius 2 is 2.14 bits per heavy atom. The van der Waals surface area contributed by atoms with Crippen molar-refractivity contribution in [1.29, 1.82) is 0 Å². The van der Waals surface area contributed by atoms with E-state index in [0.717, 1.165) is 20.3 Å². The van der Waals surface area contributed by atoms with Crippen LogP contribution in [0.1, 0.15) is 27.2 Å². The van der Waals surface area contributed by atoms with Gasteiger partial charge in [0, 0.05) is 14.3 Å². The molecule has 0 bridgehead atoms. The molecule has 1 amide bonds. The summed E-state index contributed by atoms with van der Waals surface area (Å²) in [4.78, 5) is 27.6. The number of thiazole rings is 1. The minimum Gasteiger partial charge on any atom is -0.461 e. The topological polar surface area (TPSA) is 68.3 Å². The molecule has 1 N–H and O–H groups in total. The second-order valence-electron chi connectivity index (χ2n) is 3.84. The number of hydrogen-bond acceptors (Lipinski definition) is 5. The third kappa shape index (κ3) is 4.12. The first-order valence-electron chi connectivity index (χ1n) is 5.90. The van der Waals surface area contributed by atoms with Crippen molar-refractivity contribution >= 4 is 60.8 Å². The standard InChI is InChI=1S/C13H10Br2N2O3S/c1-2-20-13(19)12-17-10(6-21-12)11(18)16-9-5-7(14)3-4-8(9)15/h3-6H,2H2,1H3,(H,16,18). The van der Waals surface area contributed by atoms with Crippen molar-refractivity contribution in [2.24, 2.45) is 0 Å². The van der Waals surface area contributed by atoms with Crippen LogP contribution in [-0.4, -0.2) is 23.5 Å². The highest BCUT2D eigenvalue weighted by molar-refractivity contribution is 9.11. The Hall–Kier alpha value is -1.25. The van der Waals surface area contributed by atoms with Crippen LogP contribution >= 0.6 is 43.2 Å². The van der Waals surface area contributed by atoms with Crippen molar-refractivity contribution in [3.05, 3.63) is 43.2 Å². The average molecular weight is 434 g/mol. The van der Waals surface area contributed by atoms with Gasteiger partial charge in [0.2, 0.25) is 5.01 Å². The van der Waals surface area contributed by atoms with Crippen LogP contribution in [0.2, 0.25) is 0 Å². The van der Waals surface area contributed by atoms with Gasteiger partial charge in [-0.25, -0.2) is 9.78 Å². The quantitative estimate of drug-likeness (QED) is 0.737. The zero-order chi connectivity index (χ0) is 15.4. The maximum atomic E-state index is 12.1. The number of ether oxygens (including phenoxy) is 1. The van der Waals surface area contributed by atoms with E-state index < -0.39 is 5.97 Å². The van der Waals surface area contributed by atoms with Crippen molar-refractivity contribution < 1.29 is 14.3 Å². The third-order valence-corrected chi connectivity index (χ3v) is 4.37. The molecule has 2 aromatic rings. The van der Waals surface area contributed by atoms with Crippen molar-refractivity contribution in [1.82, 2.24) is 4.98 Å². The van der Waals surface area contributed by atoms with Crippen LogP contribution in [0, 0.1) is 0 Å². The number of carbonyl (C=O) groups is 2. The fourth-order valence-electron chi connectivity index (χ4n) is 1.44. The molecule has 0 fully saturated rings. The first kappa shape index (κ1) is 16.1. The molecule has 2 rings (SSSR count). The highest BCUT2D eigenvalue weighted by Crippen LogP contribution is 2.26. The number of halogens is 2. The number of hydrogen-bond donors (Lipinski definition) is 1. The van der Waals surface area contributed by atoms with Gasteiger partial charge in [-0.05, 0) is 41.1 Å². The molecule has 5 nitrogen and oxygen atoms in total. The monoisotopic (exact) mass is 432 g/mol. The Bertz CT molecular complexity index is 688. The smallest absolute Gasteiger partial charge is 0.367 e. The highest BCUT2D eigenvalue weighted by atomic mass is 79.9. The average Bonchev–Trinajstić information content (AvgIpc) is 2.93. The van der Waals surface area contributed by atoms with Crippen molar-refractivity contribution in [3.63, 3.8) is 0 Å². The van der Waals surface area contributed by atoms with Gasteiger partial charge in [0.25, 0.3) is 5.91 Å². The Balaban J connectivity index is 2.14. The van der Waals surface area contributed by atoms with Gasteiger partial charge in [0.15, 0.2) is 0 Å². The largest absolute Gasteiger partial charge is 0.461 e. The third-order valence-electron chi connectivity index (χ3n) is 2.36. The van der Waals surface area contributed by atoms with Gasteiger partial charge < -0.3 is 10.1 Å². The summed E-state index contributed by atoms with van der Waals surface area (Å²) in [5.74, 6) is -0.911. The van der Waals surface area contributed by atoms with Crippen LogP contribution in [0.15, 0.2) is 32.5 Å². The van der Waals surface area contributed by atoms with Gasteiger partial charge in [-0.3, -0.25) is 4.79 Å². The van der Waals surface area contributed by atoms with Gasteiger partial charge in [-0.2, -0.15) is 0 Å². The Morgan fingerprint density at radius 3 is 2.86 bits per heavy atom. The van der Waals surface area contributed by atoms with E-state index in [1.165, 1.54) is 5.38 Å². The van der Waals surface area contributed by atoms with Crippen molar-refractivity contribution in [3.8, 4) is 0 Å². The maximum Gasteiger partial charge on any atom is 0.367 e. The van der Waals surface area contributed by atoms with Crippen LogP contribution in [-0.2, 0) is 4.74 Å². The minimum absolute atomic E-state index is 0.162. The molecule has 1 aromatic carbocycles. The summed E-state index contributed by atoms with van der Waals surface area (Å²) in [5.41, 5.74) is 0.787. The van der Waals surface area contributed by atoms with E-state index in [9.17, 15) is 9.59 Å². The van der Waals surface area contributed by atoms with Crippen LogP contribution in [0.3, 0.4) is 0 Å². The van der Waals surface area contributed by atoms with E-state index >= 15 is 0 Å². The molecule has 8 heteroatoms. The molecule has 0 spiro atoms. The lowest BCUT2D eigenvalue weighted by Gasteiger charge is -2.06. The molecule has 0 radical (unpaired) electrons. The zero-order valence-corrected chi connectivity index (χ0v) is 14.8. The summed E-state index contributed by atoms with van der Waals surface area (Å²) >= 11 is 7.77. The molecule has 21 heavy (non-hydrogen) atoms. The van der Waals surface area contributed by atoms with E-state index in [0.29, 0.717) is 5.69 Å². The number of aromatic nitrogens is 1. The number of benzene rings is 1. The molecule has 0 saturated heterocycles. The van der Waals surface area contributed by atoms with Gasteiger partial charge in [-0.1, -0.05) is 15.9 Å². The van der Waals surface area contributed by atoms with E-state index in [2.05, 4.69) is 42.2 Å². The zero-order valence-electron chi connectivity index (χ0n) is 10.9. The molecule has 1 aromatic heterocycles. The molecule has 0 unspecified atom stereocenters. The van der Waals surface area contributed by atoms with Gasteiger partial charge >= 0.3 is 5.97 Å². The molecule has 0 atom stereocenters. The Morgan fingerprint density at radius 1 is 1.38 bits per heavy atom. The lowest BCUT2D eigenvalue weighted by molar-refractivity contribution is 0.0526. The summed E-state index contributed by atoms with van der Waals surface area (Å²) in [6.07, 6.45) is 0. The summed E-state index contributed by atoms with van der Waals surface area (Å²) in [6, 6.07) is 5.42. The normalized spacial score (nSPS) is 10.2. The number of rotatable bonds is 4. The number of amides is 1. The van der Waals surface area contributed by atoms with E-state index in [1.54, 1.807) is 13.0 Å². The van der Waals surface area contributed by atoms with Crippen LogP contribution in [0.25, 0.3) is 0 Å². The first-order valence-corrected chi connectivity index (χ1v) is 8.37. The Labute approximate surface area is 142 Å². The predicted molar refractivity (Wildman–Crippen MR) is 87.9 cm³/mol. The van der Waals surface area contributed by atoms with E-state index in [-0.39, 0.29) is 23.2 Å². The summed E-state index contributed by atoms with van der Waals surface area (Å²) in [7, 11) is 0. The van der Waals surface area contributed by atoms with Gasteiger partial charge in [-0.15, -0.1) is 11.3 Å². The molecular weight excluding hydrogens is 424 g/mol. The lowest BCUT2D eigenvalue weighted by atomic mass is 10.3. The fourth-order valence-corrected chi connectivity index (χ4v) is 2.84. The number of nitrogens with one attached hydrogen (secondary N) is 1. The van der Waals surface area contributed by atoms with E-state index in [4.69, 9.17) is 4.74 Å². The van der Waals surface area contributed by atoms with E-state index in [1.807, 2.05) is 12.1 Å². The van der Waals surface area contributed by atoms with Gasteiger partial charge in [0.05, 0.1) is 12.3 Å². The van der Waals surface area contributed by atoms with Crippen LogP contribution < -0.4 is 5.32 Å². The van der Waals surface area contributed by atoms with Gasteiger partial charge in [0.1, 0.15) is 5.69 Å². The highest BCUT2D eigenvalue weighted by Gasteiger charge is 2.17. The molecule has 0 aliphatic rings.